The number of hydrogen-bond donors (Lipinski definition) is 0. The molecule has 2 heterocycles. The Labute approximate surface area is 188 Å². The normalized spacial score (nSPS) is 14.3. The molecule has 3 aromatic rings. The zero-order valence-corrected chi connectivity index (χ0v) is 18.4. The molecule has 1 aliphatic heterocycles. The summed E-state index contributed by atoms with van der Waals surface area (Å²) in [7, 11) is -3.29. The number of rotatable bonds is 6. The van der Waals surface area contributed by atoms with Gasteiger partial charge >= 0.3 is 6.18 Å². The second-order valence-corrected chi connectivity index (χ2v) is 9.92. The third-order valence-electron chi connectivity index (χ3n) is 5.30. The molecule has 0 saturated carbocycles. The molecule has 174 valence electrons. The lowest BCUT2D eigenvalue weighted by Gasteiger charge is -2.14. The van der Waals surface area contributed by atoms with Crippen molar-refractivity contribution in [2.24, 2.45) is 0 Å². The minimum absolute atomic E-state index is 0.00506. The van der Waals surface area contributed by atoms with Crippen LogP contribution in [0.3, 0.4) is 0 Å². The van der Waals surface area contributed by atoms with Gasteiger partial charge in [0, 0.05) is 25.4 Å². The fourth-order valence-electron chi connectivity index (χ4n) is 3.59. The molecular formula is C23H20F3NO5S. The number of benzene rings is 2. The average Bonchev–Trinajstić information content (AvgIpc) is 3.13. The fraction of sp³-hybridized carbons (Fsp3) is 0.261. The van der Waals surface area contributed by atoms with E-state index in [1.807, 2.05) is 4.90 Å². The largest absolute Gasteiger partial charge is 0.482 e. The number of sulfone groups is 1. The van der Waals surface area contributed by atoms with Gasteiger partial charge in [-0.15, -0.1) is 0 Å². The Hall–Kier alpha value is -3.11. The summed E-state index contributed by atoms with van der Waals surface area (Å²) in [6, 6.07) is 11.1. The number of nitrogens with zero attached hydrogens (tertiary/aromatic N) is 1. The minimum atomic E-state index is -4.39. The van der Waals surface area contributed by atoms with Crippen molar-refractivity contribution in [1.82, 2.24) is 4.90 Å². The molecule has 0 amide bonds. The van der Waals surface area contributed by atoms with Gasteiger partial charge in [-0.25, -0.2) is 8.42 Å². The Kier molecular flexibility index (Phi) is 6.06. The molecule has 0 unspecified atom stereocenters. The van der Waals surface area contributed by atoms with Crippen molar-refractivity contribution in [2.45, 2.75) is 37.3 Å². The summed E-state index contributed by atoms with van der Waals surface area (Å²) in [6.45, 7) is 1.10. The lowest BCUT2D eigenvalue weighted by atomic mass is 10.1. The number of ether oxygens (including phenoxy) is 1. The maximum atomic E-state index is 12.9. The number of halogens is 3. The second-order valence-electron chi connectivity index (χ2n) is 7.91. The number of alkyl halides is 3. The highest BCUT2D eigenvalue weighted by Crippen LogP contribution is 2.33. The van der Waals surface area contributed by atoms with Crippen molar-refractivity contribution in [2.75, 3.05) is 6.26 Å². The Morgan fingerprint density at radius 1 is 1.03 bits per heavy atom. The van der Waals surface area contributed by atoms with E-state index in [1.165, 1.54) is 30.5 Å². The van der Waals surface area contributed by atoms with E-state index < -0.39 is 21.6 Å². The first-order chi connectivity index (χ1) is 15.5. The predicted molar refractivity (Wildman–Crippen MR) is 113 cm³/mol. The van der Waals surface area contributed by atoms with E-state index >= 15 is 0 Å². The van der Waals surface area contributed by atoms with Crippen LogP contribution < -0.4 is 10.2 Å². The highest BCUT2D eigenvalue weighted by atomic mass is 32.2. The van der Waals surface area contributed by atoms with Gasteiger partial charge in [-0.1, -0.05) is 18.2 Å². The summed E-state index contributed by atoms with van der Waals surface area (Å²) >= 11 is 0. The molecule has 0 spiro atoms. The van der Waals surface area contributed by atoms with Crippen molar-refractivity contribution in [1.29, 1.82) is 0 Å². The first-order valence-electron chi connectivity index (χ1n) is 9.94. The molecule has 2 aromatic carbocycles. The molecule has 0 radical (unpaired) electrons. The third-order valence-corrected chi connectivity index (χ3v) is 6.43. The van der Waals surface area contributed by atoms with Gasteiger partial charge in [-0.05, 0) is 41.0 Å². The summed E-state index contributed by atoms with van der Waals surface area (Å²) in [6.07, 6.45) is -2.07. The quantitative estimate of drug-likeness (QED) is 0.529. The van der Waals surface area contributed by atoms with Gasteiger partial charge in [-0.3, -0.25) is 9.69 Å². The monoisotopic (exact) mass is 479 g/mol. The van der Waals surface area contributed by atoms with Crippen LogP contribution >= 0.6 is 0 Å². The van der Waals surface area contributed by atoms with Crippen LogP contribution in [-0.4, -0.2) is 19.6 Å². The van der Waals surface area contributed by atoms with Crippen LogP contribution in [0.15, 0.2) is 68.9 Å². The van der Waals surface area contributed by atoms with Crippen molar-refractivity contribution in [3.63, 3.8) is 0 Å². The van der Waals surface area contributed by atoms with E-state index in [-0.39, 0.29) is 29.2 Å². The Morgan fingerprint density at radius 3 is 2.36 bits per heavy atom. The summed E-state index contributed by atoms with van der Waals surface area (Å²) in [5.74, 6) is 0.374. The summed E-state index contributed by atoms with van der Waals surface area (Å²) in [4.78, 5) is 14.5. The van der Waals surface area contributed by atoms with Crippen LogP contribution in [0, 0.1) is 0 Å². The SMILES string of the molecule is CS(=O)(=O)c1ccc(COc2coc(CN3Cc4ccc(C(F)(F)F)cc4C3)cc2=O)cc1. The van der Waals surface area contributed by atoms with Crippen LogP contribution in [0.25, 0.3) is 0 Å². The van der Waals surface area contributed by atoms with Gasteiger partial charge in [0.2, 0.25) is 11.2 Å². The van der Waals surface area contributed by atoms with Gasteiger partial charge in [0.1, 0.15) is 18.6 Å². The maximum Gasteiger partial charge on any atom is 0.416 e. The maximum absolute atomic E-state index is 12.9. The van der Waals surface area contributed by atoms with E-state index in [1.54, 1.807) is 12.1 Å². The zero-order chi connectivity index (χ0) is 23.8. The topological polar surface area (TPSA) is 76.8 Å². The first-order valence-corrected chi connectivity index (χ1v) is 11.8. The first kappa shape index (κ1) is 23.1. The molecule has 0 saturated heterocycles. The summed E-state index contributed by atoms with van der Waals surface area (Å²) in [5.41, 5.74) is 1.03. The second kappa shape index (κ2) is 8.68. The van der Waals surface area contributed by atoms with Crippen molar-refractivity contribution >= 4 is 9.84 Å². The Morgan fingerprint density at radius 2 is 1.73 bits per heavy atom. The summed E-state index contributed by atoms with van der Waals surface area (Å²) < 4.78 is 72.8. The van der Waals surface area contributed by atoms with E-state index in [9.17, 15) is 26.4 Å². The molecule has 33 heavy (non-hydrogen) atoms. The third kappa shape index (κ3) is 5.45. The molecule has 0 N–H and O–H groups in total. The van der Waals surface area contributed by atoms with Gasteiger partial charge < -0.3 is 9.15 Å². The van der Waals surface area contributed by atoms with Crippen LogP contribution in [-0.2, 0) is 42.3 Å². The van der Waals surface area contributed by atoms with Crippen LogP contribution in [0.4, 0.5) is 13.2 Å². The molecule has 4 rings (SSSR count). The number of hydrogen-bond acceptors (Lipinski definition) is 6. The number of fused-ring (bicyclic) bond motifs is 1. The highest BCUT2D eigenvalue weighted by Gasteiger charge is 2.32. The lowest BCUT2D eigenvalue weighted by Crippen LogP contribution is -2.17. The lowest BCUT2D eigenvalue weighted by molar-refractivity contribution is -0.137. The van der Waals surface area contributed by atoms with Crippen LogP contribution in [0.5, 0.6) is 5.75 Å². The molecule has 1 aromatic heterocycles. The van der Waals surface area contributed by atoms with Gasteiger partial charge in [0.05, 0.1) is 17.0 Å². The molecule has 0 aliphatic carbocycles. The highest BCUT2D eigenvalue weighted by molar-refractivity contribution is 7.90. The molecule has 0 fully saturated rings. The molecule has 0 atom stereocenters. The van der Waals surface area contributed by atoms with E-state index in [0.29, 0.717) is 30.0 Å². The average molecular weight is 479 g/mol. The van der Waals surface area contributed by atoms with Crippen LogP contribution in [0.2, 0.25) is 0 Å². The minimum Gasteiger partial charge on any atom is -0.482 e. The zero-order valence-electron chi connectivity index (χ0n) is 17.6. The van der Waals surface area contributed by atoms with E-state index in [4.69, 9.17) is 9.15 Å². The van der Waals surface area contributed by atoms with Crippen LogP contribution in [0.1, 0.15) is 28.0 Å². The molecule has 1 aliphatic rings. The van der Waals surface area contributed by atoms with Crippen molar-refractivity contribution in [3.05, 3.63) is 93.0 Å². The Bertz CT molecular complexity index is 1330. The molecule has 0 bridgehead atoms. The van der Waals surface area contributed by atoms with Gasteiger partial charge in [0.15, 0.2) is 9.84 Å². The predicted octanol–water partition coefficient (Wildman–Crippen LogP) is 4.16. The smallest absolute Gasteiger partial charge is 0.416 e. The Balaban J connectivity index is 1.37. The van der Waals surface area contributed by atoms with Gasteiger partial charge in [-0.2, -0.15) is 13.2 Å². The van der Waals surface area contributed by atoms with Gasteiger partial charge in [0.25, 0.3) is 0 Å². The molecular weight excluding hydrogens is 459 g/mol. The standard InChI is InChI=1S/C23H20F3NO5S/c1-33(29,30)20-6-2-15(3-7-20)13-32-22-14-31-19(9-21(22)28)12-27-10-16-4-5-18(23(24,25)26)8-17(16)11-27/h2-9,14H,10-13H2,1H3. The molecule has 6 nitrogen and oxygen atoms in total. The van der Waals surface area contributed by atoms with E-state index in [0.717, 1.165) is 24.0 Å². The summed E-state index contributed by atoms with van der Waals surface area (Å²) in [5, 5.41) is 0. The fourth-order valence-corrected chi connectivity index (χ4v) is 4.22. The molecule has 10 heteroatoms. The van der Waals surface area contributed by atoms with Crippen molar-refractivity contribution in [3.8, 4) is 5.75 Å². The van der Waals surface area contributed by atoms with E-state index in [2.05, 4.69) is 0 Å². The van der Waals surface area contributed by atoms with Crippen molar-refractivity contribution < 1.29 is 30.7 Å².